The van der Waals surface area contributed by atoms with Gasteiger partial charge in [-0.05, 0) is 57.0 Å². The molecule has 5 aliphatic heterocycles. The van der Waals surface area contributed by atoms with E-state index in [4.69, 9.17) is 75.0 Å². The number of aliphatic hydroxyl groups is 6. The summed E-state index contributed by atoms with van der Waals surface area (Å²) in [5.74, 6) is -1.62. The van der Waals surface area contributed by atoms with Crippen LogP contribution in [-0.4, -0.2) is 262 Å². The molecule has 1 aliphatic carbocycles. The van der Waals surface area contributed by atoms with E-state index in [0.29, 0.717) is 18.8 Å². The first-order valence-electron chi connectivity index (χ1n) is 24.7. The molecule has 20 N–H and O–H groups in total. The van der Waals surface area contributed by atoms with Crippen LogP contribution >= 0.6 is 24.0 Å². The van der Waals surface area contributed by atoms with Crippen molar-refractivity contribution >= 4 is 63.5 Å². The number of thioether (sulfide) groups is 1. The molecule has 2 aromatic rings. The Morgan fingerprint density at radius 1 is 0.627 bits per heavy atom. The van der Waals surface area contributed by atoms with Gasteiger partial charge >= 0.3 is 0 Å². The summed E-state index contributed by atoms with van der Waals surface area (Å²) in [4.78, 5) is 58.7. The quantitative estimate of drug-likeness (QED) is 0.0353. The number of imide groups is 2. The molecule has 0 radical (unpaired) electrons. The summed E-state index contributed by atoms with van der Waals surface area (Å²) in [7, 11) is 3.66. The van der Waals surface area contributed by atoms with Crippen molar-refractivity contribution in [2.45, 2.75) is 123 Å². The van der Waals surface area contributed by atoms with Crippen LogP contribution in [0.25, 0.3) is 10.8 Å². The van der Waals surface area contributed by atoms with Gasteiger partial charge in [-0.1, -0.05) is 0 Å². The van der Waals surface area contributed by atoms with E-state index in [-0.39, 0.29) is 83.0 Å². The highest BCUT2D eigenvalue weighted by atomic mass is 32.2. The predicted molar refractivity (Wildman–Crippen MR) is 270 cm³/mol. The summed E-state index contributed by atoms with van der Waals surface area (Å²) >= 11 is 6.84. The van der Waals surface area contributed by atoms with Crippen molar-refractivity contribution in [3.05, 3.63) is 46.5 Å². The normalized spacial score (nSPS) is 37.0. The summed E-state index contributed by atoms with van der Waals surface area (Å²) in [6.07, 6.45) is -20.1. The molecule has 0 bridgehead atoms. The zero-order valence-corrected chi connectivity index (χ0v) is 42.9. The molecular weight excluding hydrogens is 1030 g/mol. The van der Waals surface area contributed by atoms with Crippen molar-refractivity contribution < 1.29 is 78.2 Å². The van der Waals surface area contributed by atoms with Crippen LogP contribution in [0.4, 0.5) is 0 Å². The van der Waals surface area contributed by atoms with Crippen molar-refractivity contribution in [2.75, 3.05) is 71.4 Å². The average molecular weight is 1100 g/mol. The Morgan fingerprint density at radius 3 is 1.57 bits per heavy atom. The van der Waals surface area contributed by atoms with E-state index in [1.165, 1.54) is 40.9 Å². The molecule has 27 nitrogen and oxygen atoms in total. The van der Waals surface area contributed by atoms with Gasteiger partial charge in [-0.15, -0.1) is 0 Å². The van der Waals surface area contributed by atoms with Gasteiger partial charge in [-0.2, -0.15) is 11.8 Å². The molecule has 0 aromatic heterocycles. The van der Waals surface area contributed by atoms with Crippen LogP contribution in [0.2, 0.25) is 0 Å². The maximum absolute atomic E-state index is 13.8. The number of carbonyl (C=O) groups is 4. The van der Waals surface area contributed by atoms with Gasteiger partial charge in [0.05, 0.1) is 24.3 Å². The van der Waals surface area contributed by atoms with Crippen LogP contribution in [-0.2, 0) is 28.4 Å². The van der Waals surface area contributed by atoms with Crippen molar-refractivity contribution in [2.24, 2.45) is 34.4 Å². The minimum absolute atomic E-state index is 0.0524. The Bertz CT molecular complexity index is 2360. The predicted octanol–water partition coefficient (Wildman–Crippen LogP) is -7.08. The molecule has 416 valence electrons. The van der Waals surface area contributed by atoms with E-state index < -0.39 is 140 Å². The first-order chi connectivity index (χ1) is 35.7. The molecule has 29 heteroatoms. The molecule has 8 rings (SSSR count). The van der Waals surface area contributed by atoms with Gasteiger partial charge in [0.25, 0.3) is 23.6 Å². The van der Waals surface area contributed by atoms with E-state index in [0.717, 1.165) is 4.90 Å². The highest BCUT2D eigenvalue weighted by molar-refractivity contribution is 7.99. The second kappa shape index (κ2) is 24.1. The standard InChI is InChI=1S/C46H69N11O16S2/c1-55(2)10-11-57-41(66)19-5-3-17-26-18(4-6-20(27(19)26)42(57)67)40(65)56(39(17)64)9-7-53-46(74)54-8-12-75-16-25-37(72-44-29(52)34(62)32(60)24(15-48)69-44)35(63)45(70-25)73-38-30(58)21(49)13-22(50)36(38)71-43-28(51)33(61)31(59)23(14-47)68-43/h3-6,21-25,28-38,43-45,58-63H,7-16,47-52H2,1-2H3,(H2,53,54,74)/t21-,22?,23?,24+,25-,28?,29?,30?,31-,32-,33-,34?,35+,36-,37+,38-,43-,44-,45?/m1/s1. The van der Waals surface area contributed by atoms with Crippen LogP contribution in [0.5, 0.6) is 0 Å². The van der Waals surface area contributed by atoms with Crippen LogP contribution in [0, 0.1) is 0 Å². The van der Waals surface area contributed by atoms with E-state index in [1.807, 2.05) is 19.0 Å². The molecule has 2 aromatic carbocycles. The lowest BCUT2D eigenvalue weighted by atomic mass is 9.84. The van der Waals surface area contributed by atoms with E-state index in [9.17, 15) is 49.8 Å². The summed E-state index contributed by atoms with van der Waals surface area (Å²) in [5, 5.41) is 72.4. The van der Waals surface area contributed by atoms with E-state index in [2.05, 4.69) is 10.6 Å². The third-order valence-electron chi connectivity index (χ3n) is 14.5. The van der Waals surface area contributed by atoms with Gasteiger partial charge in [0.1, 0.15) is 61.0 Å². The molecule has 4 fully saturated rings. The Kier molecular flexibility index (Phi) is 18.5. The van der Waals surface area contributed by atoms with Gasteiger partial charge in [-0.25, -0.2) is 0 Å². The number of thiocarbonyl (C=S) groups is 1. The van der Waals surface area contributed by atoms with Crippen molar-refractivity contribution in [1.82, 2.24) is 25.3 Å². The molecule has 19 atom stereocenters. The molecule has 6 aliphatic rings. The summed E-state index contributed by atoms with van der Waals surface area (Å²) in [6, 6.07) is 1.66. The van der Waals surface area contributed by atoms with E-state index >= 15 is 0 Å². The molecular formula is C46H69N11O16S2. The second-order valence-corrected chi connectivity index (χ2v) is 21.3. The lowest BCUT2D eigenvalue weighted by molar-refractivity contribution is -0.306. The molecule has 4 amide bonds. The van der Waals surface area contributed by atoms with Crippen LogP contribution < -0.4 is 45.0 Å². The number of nitrogens with one attached hydrogen (secondary N) is 2. The number of carbonyl (C=O) groups excluding carboxylic acids is 4. The third kappa shape index (κ3) is 11.4. The second-order valence-electron chi connectivity index (χ2n) is 19.7. The monoisotopic (exact) mass is 1100 g/mol. The third-order valence-corrected chi connectivity index (χ3v) is 15.8. The molecule has 0 spiro atoms. The number of hydrogen-bond donors (Lipinski definition) is 14. The summed E-state index contributed by atoms with van der Waals surface area (Å²) < 4.78 is 36.5. The minimum atomic E-state index is -1.62. The Labute approximate surface area is 440 Å². The average Bonchev–Trinajstić information content (AvgIpc) is 3.67. The van der Waals surface area contributed by atoms with Crippen molar-refractivity contribution in [3.8, 4) is 0 Å². The first-order valence-corrected chi connectivity index (χ1v) is 26.2. The molecule has 75 heavy (non-hydrogen) atoms. The van der Waals surface area contributed by atoms with Crippen molar-refractivity contribution in [1.29, 1.82) is 0 Å². The Morgan fingerprint density at radius 2 is 1.08 bits per heavy atom. The summed E-state index contributed by atoms with van der Waals surface area (Å²) in [5.41, 5.74) is 37.6. The number of amides is 4. The molecule has 1 saturated carbocycles. The van der Waals surface area contributed by atoms with E-state index in [1.54, 1.807) is 0 Å². The largest absolute Gasteiger partial charge is 0.389 e. The first kappa shape index (κ1) is 57.4. The van der Waals surface area contributed by atoms with Crippen molar-refractivity contribution in [3.63, 3.8) is 0 Å². The van der Waals surface area contributed by atoms with Crippen LogP contribution in [0.3, 0.4) is 0 Å². The topological polar surface area (TPSA) is 435 Å². The lowest BCUT2D eigenvalue weighted by Crippen LogP contribution is -2.68. The van der Waals surface area contributed by atoms with Gasteiger partial charge in [0, 0.05) is 102 Å². The number of likely N-dealkylation sites (N-methyl/N-ethyl adjacent to an activating group) is 1. The number of benzene rings is 2. The summed E-state index contributed by atoms with van der Waals surface area (Å²) in [6.45, 7) is 0.554. The minimum Gasteiger partial charge on any atom is -0.389 e. The molecule has 3 saturated heterocycles. The van der Waals surface area contributed by atoms with Crippen LogP contribution in [0.1, 0.15) is 47.9 Å². The number of hydrogen-bond acceptors (Lipinski definition) is 25. The van der Waals surface area contributed by atoms with Gasteiger partial charge < -0.3 is 109 Å². The number of rotatable bonds is 19. The number of ether oxygens (including phenoxy) is 6. The fraction of sp³-hybridized carbons (Fsp3) is 0.674. The molecule has 5 heterocycles. The number of nitrogens with zero attached hydrogens (tertiary/aromatic N) is 3. The SMILES string of the molecule is CN(C)CCN1C(=O)c2ccc3c4c(ccc(c24)C1=O)C(=O)N(CCNC(=S)NCCSC[C@H]1OC(O[C@@H]2C(O)[C@H](N)CC(N)[C@H]2O[C@H]2OC(CN)[C@@H](O)[C@H](O)C2N)[C@@H](O)[C@H]1O[C@H]1O[C@@H](CN)[C@@H](O)C(O)C1N)C3=O. The Hall–Kier alpha value is -3.74. The fourth-order valence-corrected chi connectivity index (χ4v) is 11.3. The smallest absolute Gasteiger partial charge is 0.261 e. The maximum Gasteiger partial charge on any atom is 0.261 e. The maximum atomic E-state index is 13.8. The zero-order chi connectivity index (χ0) is 54.3. The number of aliphatic hydroxyl groups excluding tert-OH is 6. The highest BCUT2D eigenvalue weighted by Gasteiger charge is 2.54. The Balaban J connectivity index is 0.876. The lowest BCUT2D eigenvalue weighted by Gasteiger charge is -2.47. The molecule has 7 unspecified atom stereocenters. The van der Waals surface area contributed by atoms with Gasteiger partial charge in [0.15, 0.2) is 24.0 Å². The zero-order valence-electron chi connectivity index (χ0n) is 41.2. The van der Waals surface area contributed by atoms with Crippen LogP contribution in [0.15, 0.2) is 24.3 Å². The fourth-order valence-electron chi connectivity index (χ4n) is 10.2. The highest BCUT2D eigenvalue weighted by Crippen LogP contribution is 2.39. The van der Waals surface area contributed by atoms with Gasteiger partial charge in [-0.3, -0.25) is 29.0 Å². The number of nitrogens with two attached hydrogens (primary N) is 6. The van der Waals surface area contributed by atoms with Gasteiger partial charge in [0.2, 0.25) is 0 Å².